The number of ether oxygens (including phenoxy) is 2. The summed E-state index contributed by atoms with van der Waals surface area (Å²) in [7, 11) is 3.39. The summed E-state index contributed by atoms with van der Waals surface area (Å²) in [5.41, 5.74) is 1.18. The van der Waals surface area contributed by atoms with E-state index >= 15 is 0 Å². The Balaban J connectivity index is 2.73. The molecule has 0 aromatic heterocycles. The average molecular weight is 193 g/mol. The quantitative estimate of drug-likeness (QED) is 0.715. The van der Waals surface area contributed by atoms with Gasteiger partial charge in [0.25, 0.3) is 0 Å². The molecule has 0 bridgehead atoms. The SMILES string of the molecule is [CH2]CCC(OC)c1ccc(OC)cc1. The van der Waals surface area contributed by atoms with Gasteiger partial charge in [-0.15, -0.1) is 0 Å². The molecule has 1 aromatic rings. The fourth-order valence-electron chi connectivity index (χ4n) is 1.42. The maximum atomic E-state index is 5.37. The summed E-state index contributed by atoms with van der Waals surface area (Å²) in [6.45, 7) is 3.83. The highest BCUT2D eigenvalue weighted by molar-refractivity contribution is 5.28. The Morgan fingerprint density at radius 1 is 1.21 bits per heavy atom. The predicted octanol–water partition coefficient (Wildman–Crippen LogP) is 3.00. The minimum absolute atomic E-state index is 0.151. The molecule has 0 fully saturated rings. The summed E-state index contributed by atoms with van der Waals surface area (Å²) >= 11 is 0. The molecule has 0 heterocycles. The molecule has 0 N–H and O–H groups in total. The molecular formula is C12H17O2. The molecule has 0 spiro atoms. The number of hydrogen-bond donors (Lipinski definition) is 0. The maximum Gasteiger partial charge on any atom is 0.118 e. The van der Waals surface area contributed by atoms with Crippen LogP contribution in [0.15, 0.2) is 24.3 Å². The topological polar surface area (TPSA) is 18.5 Å². The smallest absolute Gasteiger partial charge is 0.118 e. The monoisotopic (exact) mass is 193 g/mol. The maximum absolute atomic E-state index is 5.37. The number of benzene rings is 1. The third-order valence-corrected chi connectivity index (χ3v) is 2.24. The van der Waals surface area contributed by atoms with Gasteiger partial charge >= 0.3 is 0 Å². The van der Waals surface area contributed by atoms with Gasteiger partial charge in [0, 0.05) is 7.11 Å². The van der Waals surface area contributed by atoms with E-state index in [1.807, 2.05) is 24.3 Å². The second kappa shape index (κ2) is 5.66. The first-order valence-corrected chi connectivity index (χ1v) is 4.77. The first-order valence-electron chi connectivity index (χ1n) is 4.77. The Kier molecular flexibility index (Phi) is 4.47. The van der Waals surface area contributed by atoms with Gasteiger partial charge in [0.2, 0.25) is 0 Å². The van der Waals surface area contributed by atoms with E-state index in [1.54, 1.807) is 14.2 Å². The van der Waals surface area contributed by atoms with Crippen molar-refractivity contribution in [1.29, 1.82) is 0 Å². The second-order valence-corrected chi connectivity index (χ2v) is 3.14. The molecule has 1 radical (unpaired) electrons. The zero-order valence-electron chi connectivity index (χ0n) is 8.82. The van der Waals surface area contributed by atoms with Crippen LogP contribution in [-0.4, -0.2) is 14.2 Å². The van der Waals surface area contributed by atoms with Crippen molar-refractivity contribution in [3.63, 3.8) is 0 Å². The van der Waals surface area contributed by atoms with E-state index in [4.69, 9.17) is 9.47 Å². The van der Waals surface area contributed by atoms with Crippen molar-refractivity contribution in [2.24, 2.45) is 0 Å². The lowest BCUT2D eigenvalue weighted by molar-refractivity contribution is 0.0964. The summed E-state index contributed by atoms with van der Waals surface area (Å²) in [5, 5.41) is 0. The van der Waals surface area contributed by atoms with Crippen LogP contribution in [0.2, 0.25) is 0 Å². The van der Waals surface area contributed by atoms with Crippen molar-refractivity contribution >= 4 is 0 Å². The Morgan fingerprint density at radius 3 is 2.29 bits per heavy atom. The van der Waals surface area contributed by atoms with Crippen molar-refractivity contribution < 1.29 is 9.47 Å². The molecule has 14 heavy (non-hydrogen) atoms. The van der Waals surface area contributed by atoms with Gasteiger partial charge in [-0.3, -0.25) is 0 Å². The Hall–Kier alpha value is -1.02. The molecule has 1 atom stereocenters. The van der Waals surface area contributed by atoms with Gasteiger partial charge in [0.05, 0.1) is 13.2 Å². The third-order valence-electron chi connectivity index (χ3n) is 2.24. The second-order valence-electron chi connectivity index (χ2n) is 3.14. The molecule has 0 saturated carbocycles. The summed E-state index contributed by atoms with van der Waals surface area (Å²) in [6.07, 6.45) is 1.98. The number of rotatable bonds is 5. The van der Waals surface area contributed by atoms with Crippen LogP contribution in [0.4, 0.5) is 0 Å². The van der Waals surface area contributed by atoms with Crippen LogP contribution in [0, 0.1) is 6.92 Å². The van der Waals surface area contributed by atoms with Crippen LogP contribution in [0.1, 0.15) is 24.5 Å². The largest absolute Gasteiger partial charge is 0.497 e. The zero-order valence-corrected chi connectivity index (χ0v) is 8.82. The lowest BCUT2D eigenvalue weighted by Gasteiger charge is -2.14. The molecule has 0 saturated heterocycles. The molecule has 1 unspecified atom stereocenters. The van der Waals surface area contributed by atoms with Crippen LogP contribution in [-0.2, 0) is 4.74 Å². The Bertz CT molecular complexity index is 254. The molecule has 0 aliphatic carbocycles. The van der Waals surface area contributed by atoms with E-state index in [9.17, 15) is 0 Å². The number of hydrogen-bond acceptors (Lipinski definition) is 2. The molecule has 0 aliphatic heterocycles. The van der Waals surface area contributed by atoms with Gasteiger partial charge in [-0.25, -0.2) is 0 Å². The summed E-state index contributed by atoms with van der Waals surface area (Å²) < 4.78 is 10.5. The predicted molar refractivity (Wildman–Crippen MR) is 57.3 cm³/mol. The van der Waals surface area contributed by atoms with Gasteiger partial charge in [-0.05, 0) is 24.1 Å². The molecule has 2 heteroatoms. The lowest BCUT2D eigenvalue weighted by Crippen LogP contribution is -2.00. The van der Waals surface area contributed by atoms with Crippen molar-refractivity contribution in [1.82, 2.24) is 0 Å². The fourth-order valence-corrected chi connectivity index (χ4v) is 1.42. The van der Waals surface area contributed by atoms with Crippen molar-refractivity contribution in [3.05, 3.63) is 36.8 Å². The van der Waals surface area contributed by atoms with E-state index in [0.29, 0.717) is 0 Å². The Morgan fingerprint density at radius 2 is 1.86 bits per heavy atom. The molecule has 77 valence electrons. The summed E-state index contributed by atoms with van der Waals surface area (Å²) in [6, 6.07) is 7.96. The van der Waals surface area contributed by atoms with Crippen LogP contribution in [0.5, 0.6) is 5.75 Å². The van der Waals surface area contributed by atoms with Crippen molar-refractivity contribution in [2.45, 2.75) is 18.9 Å². The highest BCUT2D eigenvalue weighted by atomic mass is 16.5. The van der Waals surface area contributed by atoms with E-state index in [1.165, 1.54) is 5.56 Å². The first kappa shape index (κ1) is 11.1. The summed E-state index contributed by atoms with van der Waals surface area (Å²) in [5.74, 6) is 0.873. The van der Waals surface area contributed by atoms with Gasteiger partial charge < -0.3 is 9.47 Å². The van der Waals surface area contributed by atoms with E-state index < -0.39 is 0 Å². The molecule has 0 amide bonds. The van der Waals surface area contributed by atoms with Crippen LogP contribution in [0.25, 0.3) is 0 Å². The molecule has 0 aliphatic rings. The van der Waals surface area contributed by atoms with Gasteiger partial charge in [-0.1, -0.05) is 25.5 Å². The van der Waals surface area contributed by atoms with Gasteiger partial charge in [0.1, 0.15) is 5.75 Å². The minimum Gasteiger partial charge on any atom is -0.497 e. The highest BCUT2D eigenvalue weighted by Crippen LogP contribution is 2.23. The van der Waals surface area contributed by atoms with E-state index in [-0.39, 0.29) is 6.10 Å². The van der Waals surface area contributed by atoms with E-state index in [2.05, 4.69) is 6.92 Å². The molecule has 2 nitrogen and oxygen atoms in total. The molecule has 1 aromatic carbocycles. The van der Waals surface area contributed by atoms with E-state index in [0.717, 1.165) is 18.6 Å². The van der Waals surface area contributed by atoms with Crippen molar-refractivity contribution in [3.8, 4) is 5.75 Å². The third kappa shape index (κ3) is 2.74. The van der Waals surface area contributed by atoms with Crippen LogP contribution < -0.4 is 4.74 Å². The van der Waals surface area contributed by atoms with Gasteiger partial charge in [-0.2, -0.15) is 0 Å². The average Bonchev–Trinajstić information content (AvgIpc) is 2.26. The standard InChI is InChI=1S/C12H17O2/c1-4-5-12(14-3)10-6-8-11(13-2)9-7-10/h6-9,12H,1,4-5H2,2-3H3. The summed E-state index contributed by atoms with van der Waals surface area (Å²) in [4.78, 5) is 0. The number of methoxy groups -OCH3 is 2. The fraction of sp³-hybridized carbons (Fsp3) is 0.417. The molecular weight excluding hydrogens is 176 g/mol. The van der Waals surface area contributed by atoms with Crippen LogP contribution in [0.3, 0.4) is 0 Å². The lowest BCUT2D eigenvalue weighted by atomic mass is 10.1. The zero-order chi connectivity index (χ0) is 10.4. The highest BCUT2D eigenvalue weighted by Gasteiger charge is 2.08. The Labute approximate surface area is 85.8 Å². The normalized spacial score (nSPS) is 12.5. The van der Waals surface area contributed by atoms with Gasteiger partial charge in [0.15, 0.2) is 0 Å². The molecule has 1 rings (SSSR count). The van der Waals surface area contributed by atoms with Crippen LogP contribution >= 0.6 is 0 Å². The minimum atomic E-state index is 0.151. The van der Waals surface area contributed by atoms with Crippen molar-refractivity contribution in [2.75, 3.05) is 14.2 Å². The first-order chi connectivity index (χ1) is 6.81.